The van der Waals surface area contributed by atoms with E-state index >= 15 is 0 Å². The van der Waals surface area contributed by atoms with Gasteiger partial charge in [0, 0.05) is 11.6 Å². The second-order valence-corrected chi connectivity index (χ2v) is 7.43. The molecule has 0 radical (unpaired) electrons. The summed E-state index contributed by atoms with van der Waals surface area (Å²) in [7, 11) is 0. The van der Waals surface area contributed by atoms with Crippen molar-refractivity contribution in [1.82, 2.24) is 9.97 Å². The number of carbonyl (C=O) groups excluding carboxylic acids is 1. The molecule has 0 aliphatic heterocycles. The molecule has 1 heterocycles. The molecular formula is C22H24N4O2. The number of benzene rings is 2. The number of amides is 1. The molecule has 0 bridgehead atoms. The summed E-state index contributed by atoms with van der Waals surface area (Å²) >= 11 is 0. The van der Waals surface area contributed by atoms with E-state index in [2.05, 4.69) is 20.6 Å². The van der Waals surface area contributed by atoms with Crippen LogP contribution in [0.25, 0.3) is 0 Å². The van der Waals surface area contributed by atoms with Crippen molar-refractivity contribution in [1.29, 1.82) is 0 Å². The van der Waals surface area contributed by atoms with E-state index in [1.165, 1.54) is 0 Å². The molecule has 0 saturated carbocycles. The summed E-state index contributed by atoms with van der Waals surface area (Å²) < 4.78 is 5.90. The zero-order valence-electron chi connectivity index (χ0n) is 16.5. The van der Waals surface area contributed by atoms with Gasteiger partial charge < -0.3 is 15.4 Å². The third kappa shape index (κ3) is 5.30. The lowest BCUT2D eigenvalue weighted by Crippen LogP contribution is -2.27. The normalized spacial score (nSPS) is 11.0. The number of rotatable bonds is 5. The Balaban J connectivity index is 1.82. The second-order valence-electron chi connectivity index (χ2n) is 7.43. The molecule has 0 saturated heterocycles. The summed E-state index contributed by atoms with van der Waals surface area (Å²) in [5, 5.41) is 6.15. The third-order valence-electron chi connectivity index (χ3n) is 3.68. The zero-order chi connectivity index (χ0) is 20.1. The Labute approximate surface area is 165 Å². The zero-order valence-corrected chi connectivity index (χ0v) is 16.5. The highest BCUT2D eigenvalue weighted by Crippen LogP contribution is 2.29. The predicted octanol–water partition coefficient (Wildman–Crippen LogP) is 5.04. The number of hydrogen-bond donors (Lipinski definition) is 2. The van der Waals surface area contributed by atoms with E-state index in [0.717, 1.165) is 0 Å². The molecule has 2 N–H and O–H groups in total. The van der Waals surface area contributed by atoms with Crippen LogP contribution < -0.4 is 15.4 Å². The molecule has 28 heavy (non-hydrogen) atoms. The highest BCUT2D eigenvalue weighted by molar-refractivity contribution is 6.04. The van der Waals surface area contributed by atoms with E-state index in [1.54, 1.807) is 25.1 Å². The van der Waals surface area contributed by atoms with Crippen LogP contribution >= 0.6 is 0 Å². The summed E-state index contributed by atoms with van der Waals surface area (Å²) in [5.41, 5.74) is 0.678. The van der Waals surface area contributed by atoms with E-state index in [1.807, 2.05) is 63.2 Å². The van der Waals surface area contributed by atoms with E-state index in [4.69, 9.17) is 4.74 Å². The first-order valence-electron chi connectivity index (χ1n) is 9.07. The summed E-state index contributed by atoms with van der Waals surface area (Å²) in [6.45, 7) is 7.85. The van der Waals surface area contributed by atoms with Gasteiger partial charge in [0.15, 0.2) is 5.75 Å². The molecule has 2 aromatic carbocycles. The quantitative estimate of drug-likeness (QED) is 0.652. The van der Waals surface area contributed by atoms with Crippen molar-refractivity contribution in [2.75, 3.05) is 10.6 Å². The predicted molar refractivity (Wildman–Crippen MR) is 111 cm³/mol. The molecule has 0 aliphatic carbocycles. The fraction of sp³-hybridized carbons (Fsp3) is 0.227. The van der Waals surface area contributed by atoms with Gasteiger partial charge in [0.1, 0.15) is 23.1 Å². The average Bonchev–Trinajstić information content (AvgIpc) is 2.62. The number of ether oxygens (including phenoxy) is 1. The van der Waals surface area contributed by atoms with Gasteiger partial charge in [0.25, 0.3) is 5.91 Å². The highest BCUT2D eigenvalue weighted by Gasteiger charge is 2.16. The maximum atomic E-state index is 12.8. The first-order valence-corrected chi connectivity index (χ1v) is 9.07. The summed E-state index contributed by atoms with van der Waals surface area (Å²) in [4.78, 5) is 21.4. The molecular weight excluding hydrogens is 352 g/mol. The number of para-hydroxylation sites is 3. The van der Waals surface area contributed by atoms with Crippen molar-refractivity contribution in [3.63, 3.8) is 0 Å². The molecule has 0 spiro atoms. The molecule has 6 heteroatoms. The van der Waals surface area contributed by atoms with Crippen molar-refractivity contribution in [3.05, 3.63) is 72.2 Å². The maximum Gasteiger partial charge on any atom is 0.274 e. The first kappa shape index (κ1) is 19.4. The smallest absolute Gasteiger partial charge is 0.274 e. The van der Waals surface area contributed by atoms with Gasteiger partial charge in [0.05, 0.1) is 5.69 Å². The molecule has 1 amide bonds. The Hall–Kier alpha value is -3.41. The number of aromatic nitrogens is 2. The Morgan fingerprint density at radius 2 is 1.64 bits per heavy atom. The van der Waals surface area contributed by atoms with Crippen molar-refractivity contribution in [2.24, 2.45) is 0 Å². The Morgan fingerprint density at radius 3 is 2.36 bits per heavy atom. The summed E-state index contributed by atoms with van der Waals surface area (Å²) in [6, 6.07) is 18.4. The van der Waals surface area contributed by atoms with Crippen molar-refractivity contribution in [3.8, 4) is 11.5 Å². The van der Waals surface area contributed by atoms with Crippen LogP contribution in [0.4, 0.5) is 11.5 Å². The Kier molecular flexibility index (Phi) is 5.59. The molecule has 1 aromatic heterocycles. The lowest BCUT2D eigenvalue weighted by molar-refractivity contribution is 0.102. The van der Waals surface area contributed by atoms with Crippen LogP contribution in [0.3, 0.4) is 0 Å². The molecule has 3 rings (SSSR count). The van der Waals surface area contributed by atoms with E-state index in [-0.39, 0.29) is 17.1 Å². The number of anilines is 2. The van der Waals surface area contributed by atoms with Gasteiger partial charge in [-0.2, -0.15) is 0 Å². The lowest BCUT2D eigenvalue weighted by Gasteiger charge is -2.21. The molecule has 6 nitrogen and oxygen atoms in total. The van der Waals surface area contributed by atoms with Gasteiger partial charge in [0.2, 0.25) is 0 Å². The van der Waals surface area contributed by atoms with Gasteiger partial charge in [-0.15, -0.1) is 0 Å². The van der Waals surface area contributed by atoms with E-state index in [0.29, 0.717) is 28.8 Å². The van der Waals surface area contributed by atoms with E-state index < -0.39 is 0 Å². The van der Waals surface area contributed by atoms with Gasteiger partial charge in [-0.3, -0.25) is 4.79 Å². The summed E-state index contributed by atoms with van der Waals surface area (Å²) in [5.74, 6) is 2.05. The molecule has 0 aliphatic rings. The van der Waals surface area contributed by atoms with Crippen LogP contribution in [-0.2, 0) is 0 Å². The Morgan fingerprint density at radius 1 is 0.964 bits per heavy atom. The van der Waals surface area contributed by atoms with Crippen LogP contribution in [-0.4, -0.2) is 21.4 Å². The van der Waals surface area contributed by atoms with Crippen molar-refractivity contribution >= 4 is 17.4 Å². The monoisotopic (exact) mass is 376 g/mol. The number of aryl methyl sites for hydroxylation is 1. The minimum absolute atomic E-state index is 0.176. The van der Waals surface area contributed by atoms with Crippen LogP contribution in [0.2, 0.25) is 0 Å². The molecule has 0 fully saturated rings. The molecule has 144 valence electrons. The topological polar surface area (TPSA) is 76.1 Å². The Bertz CT molecular complexity index is 966. The van der Waals surface area contributed by atoms with Gasteiger partial charge in [-0.25, -0.2) is 9.97 Å². The van der Waals surface area contributed by atoms with E-state index in [9.17, 15) is 4.79 Å². The number of hydrogen-bond acceptors (Lipinski definition) is 5. The SMILES string of the molecule is Cc1nc(NC(C)(C)C)cc(C(=O)Nc2ccccc2Oc2ccccc2)n1. The fourth-order valence-electron chi connectivity index (χ4n) is 2.59. The van der Waals surface area contributed by atoms with Crippen LogP contribution in [0.15, 0.2) is 60.7 Å². The minimum atomic E-state index is -0.327. The number of nitrogens with zero attached hydrogens (tertiary/aromatic N) is 2. The standard InChI is InChI=1S/C22H24N4O2/c1-15-23-18(14-20(24-15)26-22(2,3)4)21(27)25-17-12-8-9-13-19(17)28-16-10-6-5-7-11-16/h5-14H,1-4H3,(H,25,27)(H,23,24,26). The molecule has 0 atom stereocenters. The second kappa shape index (κ2) is 8.08. The van der Waals surface area contributed by atoms with Crippen LogP contribution in [0, 0.1) is 6.92 Å². The first-order chi connectivity index (χ1) is 13.3. The molecule has 0 unspecified atom stereocenters. The number of nitrogens with one attached hydrogen (secondary N) is 2. The third-order valence-corrected chi connectivity index (χ3v) is 3.68. The van der Waals surface area contributed by atoms with Gasteiger partial charge in [-0.05, 0) is 52.0 Å². The van der Waals surface area contributed by atoms with Crippen molar-refractivity contribution in [2.45, 2.75) is 33.2 Å². The largest absolute Gasteiger partial charge is 0.455 e. The van der Waals surface area contributed by atoms with Crippen LogP contribution in [0.5, 0.6) is 11.5 Å². The lowest BCUT2D eigenvalue weighted by atomic mass is 10.1. The van der Waals surface area contributed by atoms with Crippen molar-refractivity contribution < 1.29 is 9.53 Å². The van der Waals surface area contributed by atoms with Crippen LogP contribution in [0.1, 0.15) is 37.1 Å². The summed E-state index contributed by atoms with van der Waals surface area (Å²) in [6.07, 6.45) is 0. The maximum absolute atomic E-state index is 12.8. The van der Waals surface area contributed by atoms with Gasteiger partial charge in [-0.1, -0.05) is 30.3 Å². The highest BCUT2D eigenvalue weighted by atomic mass is 16.5. The minimum Gasteiger partial charge on any atom is -0.455 e. The average molecular weight is 376 g/mol. The van der Waals surface area contributed by atoms with Gasteiger partial charge >= 0.3 is 0 Å². The fourth-order valence-corrected chi connectivity index (χ4v) is 2.59. The number of carbonyl (C=O) groups is 1. The molecule has 3 aromatic rings.